The van der Waals surface area contributed by atoms with Crippen molar-refractivity contribution in [3.63, 3.8) is 0 Å². The van der Waals surface area contributed by atoms with Crippen LogP contribution in [0.15, 0.2) is 42.5 Å². The molecule has 0 saturated heterocycles. The molecule has 0 bridgehead atoms. The lowest BCUT2D eigenvalue weighted by atomic mass is 9.95. The van der Waals surface area contributed by atoms with E-state index in [1.165, 1.54) is 22.3 Å². The first-order valence-electron chi connectivity index (χ1n) is 7.65. The van der Waals surface area contributed by atoms with Gasteiger partial charge in [0, 0.05) is 11.1 Å². The Morgan fingerprint density at radius 2 is 1.86 bits per heavy atom. The van der Waals surface area contributed by atoms with Gasteiger partial charge in [-0.1, -0.05) is 54.9 Å². The highest BCUT2D eigenvalue weighted by Gasteiger charge is 2.15. The maximum absolute atomic E-state index is 6.47. The van der Waals surface area contributed by atoms with Gasteiger partial charge in [-0.05, 0) is 61.6 Å². The molecule has 0 aliphatic carbocycles. The molecule has 1 nitrogen and oxygen atoms in total. The van der Waals surface area contributed by atoms with Gasteiger partial charge in [0.05, 0.1) is 0 Å². The Morgan fingerprint density at radius 3 is 2.52 bits per heavy atom. The van der Waals surface area contributed by atoms with Crippen molar-refractivity contribution >= 4 is 11.6 Å². The Hall–Kier alpha value is -1.31. The quantitative estimate of drug-likeness (QED) is 0.769. The Kier molecular flexibility index (Phi) is 5.84. The van der Waals surface area contributed by atoms with Gasteiger partial charge >= 0.3 is 0 Å². The molecule has 0 saturated carbocycles. The number of benzene rings is 2. The lowest BCUT2D eigenvalue weighted by Crippen LogP contribution is -2.24. The van der Waals surface area contributed by atoms with Crippen molar-refractivity contribution < 1.29 is 0 Å². The number of halogens is 1. The van der Waals surface area contributed by atoms with Crippen LogP contribution in [0.2, 0.25) is 5.02 Å². The fourth-order valence-corrected chi connectivity index (χ4v) is 2.95. The first-order chi connectivity index (χ1) is 10.1. The molecule has 0 heterocycles. The van der Waals surface area contributed by atoms with Crippen LogP contribution in [-0.4, -0.2) is 6.54 Å². The summed E-state index contributed by atoms with van der Waals surface area (Å²) in [5, 5.41) is 4.50. The summed E-state index contributed by atoms with van der Waals surface area (Å²) in [6.07, 6.45) is 2.09. The third kappa shape index (κ3) is 4.33. The molecule has 21 heavy (non-hydrogen) atoms. The van der Waals surface area contributed by atoms with Crippen molar-refractivity contribution in [1.82, 2.24) is 5.32 Å². The summed E-state index contributed by atoms with van der Waals surface area (Å²) in [4.78, 5) is 0. The number of hydrogen-bond acceptors (Lipinski definition) is 1. The van der Waals surface area contributed by atoms with Crippen LogP contribution in [0.3, 0.4) is 0 Å². The third-order valence-corrected chi connectivity index (χ3v) is 4.18. The van der Waals surface area contributed by atoms with E-state index in [4.69, 9.17) is 11.6 Å². The van der Waals surface area contributed by atoms with Crippen molar-refractivity contribution in [2.75, 3.05) is 6.54 Å². The molecule has 2 heteroatoms. The summed E-state index contributed by atoms with van der Waals surface area (Å²) in [6, 6.07) is 15.2. The van der Waals surface area contributed by atoms with Crippen molar-refractivity contribution in [1.29, 1.82) is 0 Å². The summed E-state index contributed by atoms with van der Waals surface area (Å²) < 4.78 is 0. The van der Waals surface area contributed by atoms with Gasteiger partial charge < -0.3 is 5.32 Å². The average molecular weight is 302 g/mol. The normalized spacial score (nSPS) is 12.4. The van der Waals surface area contributed by atoms with Crippen LogP contribution >= 0.6 is 11.6 Å². The SMILES string of the molecule is CCCNC(Cc1ccccc1C)c1ccc(C)cc1Cl. The van der Waals surface area contributed by atoms with E-state index in [2.05, 4.69) is 68.6 Å². The highest BCUT2D eigenvalue weighted by atomic mass is 35.5. The van der Waals surface area contributed by atoms with E-state index >= 15 is 0 Å². The minimum Gasteiger partial charge on any atom is -0.310 e. The lowest BCUT2D eigenvalue weighted by molar-refractivity contribution is 0.528. The number of rotatable bonds is 6. The van der Waals surface area contributed by atoms with Gasteiger partial charge in [0.1, 0.15) is 0 Å². The molecule has 0 fully saturated rings. The van der Waals surface area contributed by atoms with Gasteiger partial charge in [0.15, 0.2) is 0 Å². The molecule has 0 radical (unpaired) electrons. The summed E-state index contributed by atoms with van der Waals surface area (Å²) in [7, 11) is 0. The second-order valence-electron chi connectivity index (χ2n) is 5.66. The molecule has 1 atom stereocenters. The molecule has 2 aromatic carbocycles. The predicted octanol–water partition coefficient (Wildman–Crippen LogP) is 5.24. The van der Waals surface area contributed by atoms with Gasteiger partial charge in [-0.25, -0.2) is 0 Å². The van der Waals surface area contributed by atoms with Crippen LogP contribution in [0.5, 0.6) is 0 Å². The molecule has 112 valence electrons. The summed E-state index contributed by atoms with van der Waals surface area (Å²) in [5.41, 5.74) is 5.11. The van der Waals surface area contributed by atoms with Crippen LogP contribution in [0.4, 0.5) is 0 Å². The fraction of sp³-hybridized carbons (Fsp3) is 0.368. The van der Waals surface area contributed by atoms with Crippen LogP contribution in [0.25, 0.3) is 0 Å². The summed E-state index contributed by atoms with van der Waals surface area (Å²) in [5.74, 6) is 0. The molecule has 2 rings (SSSR count). The Morgan fingerprint density at radius 1 is 1.10 bits per heavy atom. The van der Waals surface area contributed by atoms with Gasteiger partial charge in [-0.15, -0.1) is 0 Å². The number of hydrogen-bond donors (Lipinski definition) is 1. The Labute approximate surface area is 133 Å². The summed E-state index contributed by atoms with van der Waals surface area (Å²) in [6.45, 7) is 7.43. The van der Waals surface area contributed by atoms with Crippen LogP contribution in [0.1, 0.15) is 41.6 Å². The standard InChI is InChI=1S/C19H24ClN/c1-4-11-21-19(13-16-8-6-5-7-15(16)3)17-10-9-14(2)12-18(17)20/h5-10,12,19,21H,4,11,13H2,1-3H3. The zero-order valence-corrected chi connectivity index (χ0v) is 13.9. The van der Waals surface area contributed by atoms with E-state index in [-0.39, 0.29) is 6.04 Å². The van der Waals surface area contributed by atoms with Gasteiger partial charge in [0.2, 0.25) is 0 Å². The predicted molar refractivity (Wildman–Crippen MR) is 92.1 cm³/mol. The fourth-order valence-electron chi connectivity index (χ4n) is 2.58. The molecule has 0 amide bonds. The first kappa shape index (κ1) is 16.1. The molecule has 1 unspecified atom stereocenters. The number of nitrogens with one attached hydrogen (secondary N) is 1. The van der Waals surface area contributed by atoms with Crippen molar-refractivity contribution in [3.8, 4) is 0 Å². The second kappa shape index (κ2) is 7.63. The Bertz CT molecular complexity index is 592. The third-order valence-electron chi connectivity index (χ3n) is 3.86. The first-order valence-corrected chi connectivity index (χ1v) is 8.03. The van der Waals surface area contributed by atoms with Gasteiger partial charge in [-0.2, -0.15) is 0 Å². The van der Waals surface area contributed by atoms with Crippen molar-refractivity contribution in [3.05, 3.63) is 69.7 Å². The van der Waals surface area contributed by atoms with E-state index in [0.29, 0.717) is 0 Å². The highest BCUT2D eigenvalue weighted by Crippen LogP contribution is 2.27. The maximum atomic E-state index is 6.47. The lowest BCUT2D eigenvalue weighted by Gasteiger charge is -2.21. The van der Waals surface area contributed by atoms with E-state index in [1.807, 2.05) is 0 Å². The highest BCUT2D eigenvalue weighted by molar-refractivity contribution is 6.31. The molecule has 0 aliphatic heterocycles. The minimum atomic E-state index is 0.263. The van der Waals surface area contributed by atoms with E-state index in [0.717, 1.165) is 24.4 Å². The second-order valence-corrected chi connectivity index (χ2v) is 6.07. The number of aryl methyl sites for hydroxylation is 2. The van der Waals surface area contributed by atoms with Crippen LogP contribution in [0, 0.1) is 13.8 Å². The van der Waals surface area contributed by atoms with Crippen molar-refractivity contribution in [2.24, 2.45) is 0 Å². The topological polar surface area (TPSA) is 12.0 Å². The zero-order valence-electron chi connectivity index (χ0n) is 13.1. The summed E-state index contributed by atoms with van der Waals surface area (Å²) >= 11 is 6.47. The van der Waals surface area contributed by atoms with E-state index < -0.39 is 0 Å². The monoisotopic (exact) mass is 301 g/mol. The van der Waals surface area contributed by atoms with Crippen LogP contribution in [-0.2, 0) is 6.42 Å². The van der Waals surface area contributed by atoms with Gasteiger partial charge in [-0.3, -0.25) is 0 Å². The maximum Gasteiger partial charge on any atom is 0.0456 e. The molecular formula is C19H24ClN. The molecular weight excluding hydrogens is 278 g/mol. The zero-order chi connectivity index (χ0) is 15.2. The van der Waals surface area contributed by atoms with E-state index in [1.54, 1.807) is 0 Å². The molecule has 1 N–H and O–H groups in total. The Balaban J connectivity index is 2.27. The van der Waals surface area contributed by atoms with Crippen molar-refractivity contribution in [2.45, 2.75) is 39.7 Å². The van der Waals surface area contributed by atoms with E-state index in [9.17, 15) is 0 Å². The molecule has 0 spiro atoms. The van der Waals surface area contributed by atoms with Gasteiger partial charge in [0.25, 0.3) is 0 Å². The molecule has 0 aliphatic rings. The molecule has 0 aromatic heterocycles. The average Bonchev–Trinajstić information content (AvgIpc) is 2.46. The smallest absolute Gasteiger partial charge is 0.0456 e. The largest absolute Gasteiger partial charge is 0.310 e. The van der Waals surface area contributed by atoms with Crippen LogP contribution < -0.4 is 5.32 Å². The molecule has 2 aromatic rings. The minimum absolute atomic E-state index is 0.263.